The molecule has 1 fully saturated rings. The lowest BCUT2D eigenvalue weighted by molar-refractivity contribution is -0.207. The Morgan fingerprint density at radius 2 is 1.79 bits per heavy atom. The van der Waals surface area contributed by atoms with Gasteiger partial charge >= 0.3 is 5.97 Å². The van der Waals surface area contributed by atoms with Gasteiger partial charge in [0.15, 0.2) is 0 Å². The first-order valence-electron chi connectivity index (χ1n) is 8.14. The predicted octanol–water partition coefficient (Wildman–Crippen LogP) is 4.83. The average Bonchev–Trinajstić information content (AvgIpc) is 2.48. The van der Waals surface area contributed by atoms with Crippen molar-refractivity contribution in [2.45, 2.75) is 51.9 Å². The molecule has 0 amide bonds. The van der Waals surface area contributed by atoms with E-state index in [0.29, 0.717) is 31.0 Å². The van der Waals surface area contributed by atoms with Gasteiger partial charge in [0.05, 0.1) is 5.41 Å². The zero-order valence-electron chi connectivity index (χ0n) is 14.3. The largest absolute Gasteiger partial charge is 0.367 e. The van der Waals surface area contributed by atoms with Crippen molar-refractivity contribution < 1.29 is 18.4 Å². The van der Waals surface area contributed by atoms with Crippen LogP contribution in [0.25, 0.3) is 0 Å². The van der Waals surface area contributed by atoms with E-state index in [1.807, 2.05) is 12.1 Å². The molecule has 1 aliphatic heterocycles. The van der Waals surface area contributed by atoms with Crippen molar-refractivity contribution >= 4 is 17.6 Å². The third-order valence-corrected chi connectivity index (χ3v) is 4.76. The van der Waals surface area contributed by atoms with Gasteiger partial charge in [0.2, 0.25) is 6.43 Å². The summed E-state index contributed by atoms with van der Waals surface area (Å²) >= 11 is 5.91. The van der Waals surface area contributed by atoms with Crippen molar-refractivity contribution in [3.63, 3.8) is 0 Å². The van der Waals surface area contributed by atoms with Crippen molar-refractivity contribution in [1.82, 2.24) is 5.06 Å². The van der Waals surface area contributed by atoms with Crippen LogP contribution in [0.5, 0.6) is 0 Å². The molecule has 1 aliphatic rings. The molecule has 0 aliphatic carbocycles. The number of halogens is 3. The molecule has 6 heteroatoms. The van der Waals surface area contributed by atoms with Crippen LogP contribution in [0.15, 0.2) is 24.3 Å². The molecule has 1 aromatic rings. The van der Waals surface area contributed by atoms with Crippen LogP contribution in [-0.4, -0.2) is 30.5 Å². The number of rotatable bonds is 4. The summed E-state index contributed by atoms with van der Waals surface area (Å²) in [6.07, 6.45) is -1.56. The molecule has 2 rings (SSSR count). The van der Waals surface area contributed by atoms with Crippen LogP contribution >= 0.6 is 11.6 Å². The first kappa shape index (κ1) is 19.1. The zero-order valence-corrected chi connectivity index (χ0v) is 15.1. The number of hydrogen-bond donors (Lipinski definition) is 0. The smallest absolute Gasteiger partial charge is 0.330 e. The number of carbonyl (C=O) groups excluding carboxylic acids is 1. The van der Waals surface area contributed by atoms with E-state index in [1.165, 1.54) is 0 Å². The van der Waals surface area contributed by atoms with Crippen LogP contribution in [0.4, 0.5) is 8.78 Å². The second-order valence-corrected chi connectivity index (χ2v) is 7.88. The van der Waals surface area contributed by atoms with Gasteiger partial charge in [-0.25, -0.2) is 13.6 Å². The van der Waals surface area contributed by atoms with Crippen LogP contribution < -0.4 is 0 Å². The third-order valence-electron chi connectivity index (χ3n) is 4.51. The molecule has 134 valence electrons. The van der Waals surface area contributed by atoms with Gasteiger partial charge in [-0.3, -0.25) is 0 Å². The molecule has 0 radical (unpaired) electrons. The highest BCUT2D eigenvalue weighted by atomic mass is 35.5. The molecule has 0 aromatic heterocycles. The lowest BCUT2D eigenvalue weighted by Crippen LogP contribution is -2.45. The number of alkyl halides is 2. The summed E-state index contributed by atoms with van der Waals surface area (Å²) in [5.74, 6) is -0.310. The SMILES string of the molecule is CC(C)(C)C(=O)ON1CCC(CC(F)F)(c2ccc(Cl)cc2)CC1. The van der Waals surface area contributed by atoms with E-state index in [9.17, 15) is 13.6 Å². The van der Waals surface area contributed by atoms with Crippen molar-refractivity contribution in [2.75, 3.05) is 13.1 Å². The standard InChI is InChI=1S/C18H24ClF2NO2/c1-17(2,3)16(23)24-22-10-8-18(9-11-22,12-15(20)21)13-4-6-14(19)7-5-13/h4-7,15H,8-12H2,1-3H3. The fraction of sp³-hybridized carbons (Fsp3) is 0.611. The highest BCUT2D eigenvalue weighted by molar-refractivity contribution is 6.30. The molecule has 0 N–H and O–H groups in total. The molecule has 1 heterocycles. The Labute approximate surface area is 146 Å². The first-order valence-corrected chi connectivity index (χ1v) is 8.52. The highest BCUT2D eigenvalue weighted by Gasteiger charge is 2.40. The average molecular weight is 360 g/mol. The minimum atomic E-state index is -2.38. The summed E-state index contributed by atoms with van der Waals surface area (Å²) in [7, 11) is 0. The number of hydrogen-bond acceptors (Lipinski definition) is 3. The molecule has 24 heavy (non-hydrogen) atoms. The number of benzene rings is 1. The highest BCUT2D eigenvalue weighted by Crippen LogP contribution is 2.41. The minimum absolute atomic E-state index is 0.199. The summed E-state index contributed by atoms with van der Waals surface area (Å²) in [5, 5.41) is 2.18. The van der Waals surface area contributed by atoms with Gasteiger partial charge < -0.3 is 4.84 Å². The molecule has 1 aromatic carbocycles. The Balaban J connectivity index is 2.10. The van der Waals surface area contributed by atoms with Gasteiger partial charge in [-0.15, -0.1) is 5.06 Å². The van der Waals surface area contributed by atoms with Crippen LogP contribution in [0.1, 0.15) is 45.6 Å². The number of hydroxylamine groups is 2. The summed E-state index contributed by atoms with van der Waals surface area (Å²) < 4.78 is 26.3. The summed E-state index contributed by atoms with van der Waals surface area (Å²) in [6, 6.07) is 7.11. The van der Waals surface area contributed by atoms with Crippen molar-refractivity contribution in [1.29, 1.82) is 0 Å². The molecule has 0 bridgehead atoms. The van der Waals surface area contributed by atoms with Crippen molar-refractivity contribution in [3.05, 3.63) is 34.9 Å². The fourth-order valence-electron chi connectivity index (χ4n) is 2.97. The summed E-state index contributed by atoms with van der Waals surface area (Å²) in [6.45, 7) is 6.24. The summed E-state index contributed by atoms with van der Waals surface area (Å²) in [4.78, 5) is 17.4. The Morgan fingerprint density at radius 3 is 2.25 bits per heavy atom. The van der Waals surface area contributed by atoms with E-state index in [0.717, 1.165) is 5.56 Å². The normalized spacial score (nSPS) is 18.6. The predicted molar refractivity (Wildman–Crippen MR) is 90.1 cm³/mol. The Morgan fingerprint density at radius 1 is 1.25 bits per heavy atom. The van der Waals surface area contributed by atoms with Gasteiger partial charge in [-0.05, 0) is 51.3 Å². The Hall–Kier alpha value is -1.20. The second kappa shape index (κ2) is 7.36. The molecule has 1 saturated heterocycles. The molecular weight excluding hydrogens is 336 g/mol. The van der Waals surface area contributed by atoms with E-state index < -0.39 is 17.3 Å². The van der Waals surface area contributed by atoms with Gasteiger partial charge in [-0.2, -0.15) is 0 Å². The van der Waals surface area contributed by atoms with E-state index >= 15 is 0 Å². The van der Waals surface area contributed by atoms with Crippen LogP contribution in [-0.2, 0) is 15.0 Å². The fourth-order valence-corrected chi connectivity index (χ4v) is 3.10. The Bertz CT molecular complexity index is 561. The van der Waals surface area contributed by atoms with Crippen molar-refractivity contribution in [2.24, 2.45) is 5.41 Å². The van der Waals surface area contributed by atoms with Gasteiger partial charge in [0, 0.05) is 29.9 Å². The molecule has 0 spiro atoms. The van der Waals surface area contributed by atoms with Gasteiger partial charge in [0.1, 0.15) is 0 Å². The van der Waals surface area contributed by atoms with E-state index in [1.54, 1.807) is 38.0 Å². The zero-order chi connectivity index (χ0) is 18.0. The third kappa shape index (κ3) is 4.67. The van der Waals surface area contributed by atoms with E-state index in [4.69, 9.17) is 16.4 Å². The van der Waals surface area contributed by atoms with Gasteiger partial charge in [-0.1, -0.05) is 23.7 Å². The Kier molecular flexibility index (Phi) is 5.87. The maximum atomic E-state index is 13.2. The van der Waals surface area contributed by atoms with Crippen LogP contribution in [0.2, 0.25) is 5.02 Å². The van der Waals surface area contributed by atoms with Crippen LogP contribution in [0, 0.1) is 5.41 Å². The lowest BCUT2D eigenvalue weighted by atomic mass is 9.71. The van der Waals surface area contributed by atoms with E-state index in [2.05, 4.69) is 0 Å². The minimum Gasteiger partial charge on any atom is -0.367 e. The second-order valence-electron chi connectivity index (χ2n) is 7.44. The maximum absolute atomic E-state index is 13.2. The molecule has 0 saturated carbocycles. The topological polar surface area (TPSA) is 29.5 Å². The molecular formula is C18H24ClF2NO2. The summed E-state index contributed by atoms with van der Waals surface area (Å²) in [5.41, 5.74) is -0.328. The number of carbonyl (C=O) groups is 1. The lowest BCUT2D eigenvalue weighted by Gasteiger charge is -2.41. The maximum Gasteiger partial charge on any atom is 0.330 e. The van der Waals surface area contributed by atoms with Crippen molar-refractivity contribution in [3.8, 4) is 0 Å². The number of piperidine rings is 1. The van der Waals surface area contributed by atoms with E-state index in [-0.39, 0.29) is 12.4 Å². The number of nitrogens with zero attached hydrogens (tertiary/aromatic N) is 1. The molecule has 0 unspecified atom stereocenters. The molecule has 0 atom stereocenters. The monoisotopic (exact) mass is 359 g/mol. The van der Waals surface area contributed by atoms with Crippen LogP contribution in [0.3, 0.4) is 0 Å². The molecule has 3 nitrogen and oxygen atoms in total. The quantitative estimate of drug-likeness (QED) is 0.770. The van der Waals surface area contributed by atoms with Gasteiger partial charge in [0.25, 0.3) is 0 Å². The first-order chi connectivity index (χ1) is 11.1.